The van der Waals surface area contributed by atoms with Gasteiger partial charge in [0, 0.05) is 44.3 Å². The summed E-state index contributed by atoms with van der Waals surface area (Å²) < 4.78 is 4.54. The Labute approximate surface area is 197 Å². The Kier molecular flexibility index (Phi) is 6.52. The normalized spacial score (nSPS) is 12.5. The predicted molar refractivity (Wildman–Crippen MR) is 134 cm³/mol. The lowest BCUT2D eigenvalue weighted by Gasteiger charge is -2.21. The van der Waals surface area contributed by atoms with Crippen molar-refractivity contribution >= 4 is 28.0 Å². The molecule has 0 aliphatic rings. The zero-order valence-electron chi connectivity index (χ0n) is 20.4. The van der Waals surface area contributed by atoms with Crippen LogP contribution in [-0.2, 0) is 20.1 Å². The first-order chi connectivity index (χ1) is 16.2. The minimum atomic E-state index is -0.451. The van der Waals surface area contributed by atoms with Crippen molar-refractivity contribution in [2.24, 2.45) is 12.8 Å². The van der Waals surface area contributed by atoms with E-state index in [2.05, 4.69) is 16.9 Å². The molecule has 4 rings (SSSR count). The second kappa shape index (κ2) is 9.38. The monoisotopic (exact) mass is 464 g/mol. The molecule has 10 nitrogen and oxygen atoms in total. The van der Waals surface area contributed by atoms with E-state index < -0.39 is 11.2 Å². The summed E-state index contributed by atoms with van der Waals surface area (Å²) >= 11 is 0. The summed E-state index contributed by atoms with van der Waals surface area (Å²) in [6, 6.07) is 7.63. The van der Waals surface area contributed by atoms with Gasteiger partial charge in [0.15, 0.2) is 11.2 Å². The molecule has 180 valence electrons. The Balaban J connectivity index is 1.90. The molecule has 0 saturated carbocycles. The van der Waals surface area contributed by atoms with Gasteiger partial charge in [-0.3, -0.25) is 13.9 Å². The summed E-state index contributed by atoms with van der Waals surface area (Å²) in [4.78, 5) is 42.7. The van der Waals surface area contributed by atoms with Crippen LogP contribution >= 0.6 is 0 Å². The number of nitrogens with two attached hydrogens (primary N) is 1. The molecule has 4 aromatic rings. The average molecular weight is 465 g/mol. The minimum Gasteiger partial charge on any atom is -0.344 e. The van der Waals surface area contributed by atoms with Gasteiger partial charge in [0.1, 0.15) is 5.82 Å². The number of hydrogen-bond acceptors (Lipinski definition) is 7. The number of unbranched alkanes of at least 4 members (excludes halogenated alkanes) is 1. The standard InChI is InChI=1S/C24H32N8O2/c1-6-7-12-31-20-21(28-23(31)29(4)13-15(2)25)30(5)24(34)32(22(20)33)14-19-26-16(3)17-10-8-9-11-18(17)27-19/h8-11,15H,6-7,12-14,25H2,1-5H3/t15-/m0/s1. The van der Waals surface area contributed by atoms with Crippen LogP contribution in [-0.4, -0.2) is 48.3 Å². The molecule has 1 atom stereocenters. The molecule has 0 aliphatic heterocycles. The van der Waals surface area contributed by atoms with Crippen molar-refractivity contribution in [3.05, 3.63) is 56.6 Å². The molecule has 0 saturated heterocycles. The maximum absolute atomic E-state index is 13.7. The zero-order valence-corrected chi connectivity index (χ0v) is 20.4. The summed E-state index contributed by atoms with van der Waals surface area (Å²) in [7, 11) is 3.54. The Morgan fingerprint density at radius 2 is 1.85 bits per heavy atom. The first-order valence-corrected chi connectivity index (χ1v) is 11.6. The number of benzene rings is 1. The molecular weight excluding hydrogens is 432 g/mol. The lowest BCUT2D eigenvalue weighted by Crippen LogP contribution is -2.40. The Hall–Kier alpha value is -3.53. The van der Waals surface area contributed by atoms with Crippen LogP contribution < -0.4 is 21.9 Å². The molecule has 0 aliphatic carbocycles. The van der Waals surface area contributed by atoms with Crippen molar-refractivity contribution in [2.45, 2.75) is 52.7 Å². The molecule has 2 N–H and O–H groups in total. The maximum atomic E-state index is 13.7. The number of hydrogen-bond donors (Lipinski definition) is 1. The fourth-order valence-corrected chi connectivity index (χ4v) is 4.34. The first-order valence-electron chi connectivity index (χ1n) is 11.6. The van der Waals surface area contributed by atoms with Gasteiger partial charge in [-0.2, -0.15) is 4.98 Å². The summed E-state index contributed by atoms with van der Waals surface area (Å²) in [6.45, 7) is 7.09. The molecule has 0 unspecified atom stereocenters. The average Bonchev–Trinajstić information content (AvgIpc) is 3.18. The third-order valence-corrected chi connectivity index (χ3v) is 5.99. The SMILES string of the molecule is CCCCn1c(N(C)C[C@H](C)N)nc2c1c(=O)n(Cc1nc(C)c3ccccc3n1)c(=O)n2C. The molecule has 34 heavy (non-hydrogen) atoms. The zero-order chi connectivity index (χ0) is 24.6. The number of imidazole rings is 1. The fourth-order valence-electron chi connectivity index (χ4n) is 4.34. The van der Waals surface area contributed by atoms with E-state index in [1.165, 1.54) is 9.13 Å². The van der Waals surface area contributed by atoms with E-state index in [0.717, 1.165) is 29.4 Å². The van der Waals surface area contributed by atoms with E-state index in [1.54, 1.807) is 7.05 Å². The van der Waals surface area contributed by atoms with Gasteiger partial charge in [0.05, 0.1) is 12.1 Å². The predicted octanol–water partition coefficient (Wildman–Crippen LogP) is 1.78. The quantitative estimate of drug-likeness (QED) is 0.422. The van der Waals surface area contributed by atoms with Crippen molar-refractivity contribution in [2.75, 3.05) is 18.5 Å². The number of rotatable bonds is 8. The number of aromatic nitrogens is 6. The highest BCUT2D eigenvalue weighted by Crippen LogP contribution is 2.20. The van der Waals surface area contributed by atoms with E-state index in [-0.39, 0.29) is 12.6 Å². The van der Waals surface area contributed by atoms with Crippen molar-refractivity contribution in [1.29, 1.82) is 0 Å². The molecule has 10 heteroatoms. The number of anilines is 1. The van der Waals surface area contributed by atoms with Crippen molar-refractivity contribution < 1.29 is 0 Å². The topological polar surface area (TPSA) is 117 Å². The van der Waals surface area contributed by atoms with E-state index in [1.807, 2.05) is 54.6 Å². The van der Waals surface area contributed by atoms with Crippen LogP contribution in [0.2, 0.25) is 0 Å². The van der Waals surface area contributed by atoms with Gasteiger partial charge in [-0.25, -0.2) is 14.8 Å². The first kappa shape index (κ1) is 23.6. The molecule has 0 radical (unpaired) electrons. The van der Waals surface area contributed by atoms with Crippen molar-refractivity contribution in [3.63, 3.8) is 0 Å². The highest BCUT2D eigenvalue weighted by molar-refractivity contribution is 5.80. The van der Waals surface area contributed by atoms with Crippen LogP contribution in [0.3, 0.4) is 0 Å². The van der Waals surface area contributed by atoms with Crippen LogP contribution in [0, 0.1) is 6.92 Å². The lowest BCUT2D eigenvalue weighted by molar-refractivity contribution is 0.610. The summed E-state index contributed by atoms with van der Waals surface area (Å²) in [5.41, 5.74) is 7.52. The summed E-state index contributed by atoms with van der Waals surface area (Å²) in [5.74, 6) is 1.05. The Bertz CT molecular complexity index is 1460. The second-order valence-electron chi connectivity index (χ2n) is 8.92. The molecule has 1 aromatic carbocycles. The summed E-state index contributed by atoms with van der Waals surface area (Å²) in [6.07, 6.45) is 1.83. The van der Waals surface area contributed by atoms with Gasteiger partial charge in [-0.15, -0.1) is 0 Å². The lowest BCUT2D eigenvalue weighted by atomic mass is 10.2. The van der Waals surface area contributed by atoms with Gasteiger partial charge >= 0.3 is 5.69 Å². The molecule has 3 heterocycles. The molecule has 0 spiro atoms. The Morgan fingerprint density at radius 3 is 2.56 bits per heavy atom. The minimum absolute atomic E-state index is 0.0168. The van der Waals surface area contributed by atoms with E-state index >= 15 is 0 Å². The molecule has 0 amide bonds. The maximum Gasteiger partial charge on any atom is 0.332 e. The highest BCUT2D eigenvalue weighted by atomic mass is 16.2. The number of para-hydroxylation sites is 1. The van der Waals surface area contributed by atoms with Gasteiger partial charge < -0.3 is 15.2 Å². The van der Waals surface area contributed by atoms with Crippen LogP contribution in [0.4, 0.5) is 5.95 Å². The van der Waals surface area contributed by atoms with Gasteiger partial charge in [0.2, 0.25) is 5.95 Å². The molecule has 0 bridgehead atoms. The van der Waals surface area contributed by atoms with E-state index in [4.69, 9.17) is 10.7 Å². The van der Waals surface area contributed by atoms with Gasteiger partial charge in [0.25, 0.3) is 5.56 Å². The van der Waals surface area contributed by atoms with E-state index in [0.29, 0.717) is 36.0 Å². The number of likely N-dealkylation sites (N-methyl/N-ethyl adjacent to an activating group) is 1. The highest BCUT2D eigenvalue weighted by Gasteiger charge is 2.23. The number of nitrogens with zero attached hydrogens (tertiary/aromatic N) is 7. The number of aryl methyl sites for hydroxylation is 3. The van der Waals surface area contributed by atoms with Crippen LogP contribution in [0.15, 0.2) is 33.9 Å². The molecule has 3 aromatic heterocycles. The summed E-state index contributed by atoms with van der Waals surface area (Å²) in [5, 5.41) is 0.946. The van der Waals surface area contributed by atoms with E-state index in [9.17, 15) is 9.59 Å². The van der Waals surface area contributed by atoms with Gasteiger partial charge in [-0.05, 0) is 26.3 Å². The third kappa shape index (κ3) is 4.21. The molecular formula is C24H32N8O2. The third-order valence-electron chi connectivity index (χ3n) is 5.99. The fraction of sp³-hybridized carbons (Fsp3) is 0.458. The number of fused-ring (bicyclic) bond motifs is 2. The van der Waals surface area contributed by atoms with Crippen LogP contribution in [0.25, 0.3) is 22.1 Å². The Morgan fingerprint density at radius 1 is 1.12 bits per heavy atom. The van der Waals surface area contributed by atoms with Gasteiger partial charge in [-0.1, -0.05) is 31.5 Å². The van der Waals surface area contributed by atoms with Crippen LogP contribution in [0.5, 0.6) is 0 Å². The smallest absolute Gasteiger partial charge is 0.332 e. The van der Waals surface area contributed by atoms with Crippen molar-refractivity contribution in [1.82, 2.24) is 28.7 Å². The second-order valence-corrected chi connectivity index (χ2v) is 8.92. The molecule has 0 fully saturated rings. The largest absolute Gasteiger partial charge is 0.344 e. The van der Waals surface area contributed by atoms with Crippen molar-refractivity contribution in [3.8, 4) is 0 Å². The van der Waals surface area contributed by atoms with Crippen LogP contribution in [0.1, 0.15) is 38.2 Å².